The van der Waals surface area contributed by atoms with Gasteiger partial charge in [-0.25, -0.2) is 4.39 Å². The molecule has 1 saturated heterocycles. The highest BCUT2D eigenvalue weighted by atomic mass is 19.1. The molecule has 0 amide bonds. The minimum absolute atomic E-state index is 0.173. The highest BCUT2D eigenvalue weighted by molar-refractivity contribution is 6.12. The second-order valence-corrected chi connectivity index (χ2v) is 6.33. The number of likely N-dealkylation sites (tertiary alicyclic amines) is 1. The Labute approximate surface area is 147 Å². The molecule has 1 fully saturated rings. The minimum Gasteiger partial charge on any atom is -0.494 e. The van der Waals surface area contributed by atoms with Gasteiger partial charge in [-0.15, -0.1) is 0 Å². The molecule has 0 spiro atoms. The zero-order valence-electron chi connectivity index (χ0n) is 14.4. The molecular weight excluding hydrogens is 321 g/mol. The molecule has 0 saturated carbocycles. The standard InChI is InChI=1S/C18H22FN5O/c1-23-16(10-20)14(12-3-4-17(25-2)15(19)9-12)11-22-18(23)24-7-5-13(21)6-8-24/h3-4,9,11,13,18H,5-8,21H2,1-2H3. The van der Waals surface area contributed by atoms with Gasteiger partial charge in [-0.05, 0) is 30.5 Å². The van der Waals surface area contributed by atoms with Crippen LogP contribution in [-0.2, 0) is 0 Å². The Bertz CT molecular complexity index is 746. The number of methoxy groups -OCH3 is 1. The lowest BCUT2D eigenvalue weighted by Crippen LogP contribution is -2.51. The van der Waals surface area contributed by atoms with E-state index in [4.69, 9.17) is 10.5 Å². The van der Waals surface area contributed by atoms with Crippen molar-refractivity contribution in [3.05, 3.63) is 35.3 Å². The maximum Gasteiger partial charge on any atom is 0.178 e. The normalized spacial score (nSPS) is 22.2. The number of nitriles is 1. The Balaban J connectivity index is 1.88. The van der Waals surface area contributed by atoms with Crippen molar-refractivity contribution in [3.63, 3.8) is 0 Å². The largest absolute Gasteiger partial charge is 0.494 e. The van der Waals surface area contributed by atoms with Crippen molar-refractivity contribution in [2.45, 2.75) is 25.2 Å². The predicted molar refractivity (Wildman–Crippen MR) is 94.3 cm³/mol. The number of ether oxygens (including phenoxy) is 1. The third-order valence-electron chi connectivity index (χ3n) is 4.76. The molecular formula is C18H22FN5O. The van der Waals surface area contributed by atoms with Crippen LogP contribution < -0.4 is 10.5 Å². The number of hydrogen-bond acceptors (Lipinski definition) is 6. The van der Waals surface area contributed by atoms with E-state index in [0.29, 0.717) is 16.8 Å². The number of nitrogens with zero attached hydrogens (tertiary/aromatic N) is 4. The quantitative estimate of drug-likeness (QED) is 0.905. The van der Waals surface area contributed by atoms with Crippen LogP contribution in [-0.4, -0.2) is 55.6 Å². The number of rotatable bonds is 3. The fourth-order valence-corrected chi connectivity index (χ4v) is 3.28. The highest BCUT2D eigenvalue weighted by Crippen LogP contribution is 2.29. The molecule has 0 aliphatic carbocycles. The van der Waals surface area contributed by atoms with Crippen molar-refractivity contribution in [1.82, 2.24) is 9.80 Å². The van der Waals surface area contributed by atoms with Gasteiger partial charge < -0.3 is 15.4 Å². The maximum atomic E-state index is 14.0. The van der Waals surface area contributed by atoms with Crippen LogP contribution in [0.5, 0.6) is 5.75 Å². The average molecular weight is 343 g/mol. The Kier molecular flexibility index (Phi) is 5.02. The van der Waals surface area contributed by atoms with E-state index in [2.05, 4.69) is 16.0 Å². The SMILES string of the molecule is COc1ccc(C2=C(C#N)N(C)C(N3CCC(N)CC3)N=C2)cc1F. The van der Waals surface area contributed by atoms with Crippen LogP contribution in [0.1, 0.15) is 18.4 Å². The summed E-state index contributed by atoms with van der Waals surface area (Å²) in [5.41, 5.74) is 7.65. The highest BCUT2D eigenvalue weighted by Gasteiger charge is 2.30. The summed E-state index contributed by atoms with van der Waals surface area (Å²) in [6.45, 7) is 1.69. The van der Waals surface area contributed by atoms with Crippen molar-refractivity contribution in [1.29, 1.82) is 5.26 Å². The number of halogens is 1. The van der Waals surface area contributed by atoms with E-state index < -0.39 is 5.82 Å². The minimum atomic E-state index is -0.465. The number of aliphatic imine (C=N–C) groups is 1. The number of allylic oxidation sites excluding steroid dienone is 2. The van der Waals surface area contributed by atoms with Gasteiger partial charge in [0.05, 0.1) is 7.11 Å². The molecule has 1 aromatic rings. The van der Waals surface area contributed by atoms with Crippen LogP contribution in [0.15, 0.2) is 28.9 Å². The fraction of sp³-hybridized carbons (Fsp3) is 0.444. The fourth-order valence-electron chi connectivity index (χ4n) is 3.28. The van der Waals surface area contributed by atoms with Gasteiger partial charge in [-0.3, -0.25) is 9.89 Å². The van der Waals surface area contributed by atoms with Gasteiger partial charge in [-0.1, -0.05) is 6.07 Å². The van der Waals surface area contributed by atoms with E-state index in [1.807, 2.05) is 11.9 Å². The first-order valence-corrected chi connectivity index (χ1v) is 8.29. The zero-order valence-corrected chi connectivity index (χ0v) is 14.4. The van der Waals surface area contributed by atoms with Crippen molar-refractivity contribution in [2.75, 3.05) is 27.2 Å². The van der Waals surface area contributed by atoms with Crippen LogP contribution >= 0.6 is 0 Å². The zero-order chi connectivity index (χ0) is 18.0. The van der Waals surface area contributed by atoms with Gasteiger partial charge in [0, 0.05) is 38.0 Å². The lowest BCUT2D eigenvalue weighted by Gasteiger charge is -2.41. The number of piperidine rings is 1. The van der Waals surface area contributed by atoms with Crippen LogP contribution in [0.4, 0.5) is 4.39 Å². The molecule has 1 atom stereocenters. The van der Waals surface area contributed by atoms with Gasteiger partial charge in [0.2, 0.25) is 0 Å². The van der Waals surface area contributed by atoms with E-state index in [1.54, 1.807) is 18.3 Å². The molecule has 2 aliphatic heterocycles. The van der Waals surface area contributed by atoms with Gasteiger partial charge in [0.25, 0.3) is 0 Å². The van der Waals surface area contributed by atoms with E-state index >= 15 is 0 Å². The topological polar surface area (TPSA) is 77.9 Å². The molecule has 25 heavy (non-hydrogen) atoms. The predicted octanol–water partition coefficient (Wildman–Crippen LogP) is 1.79. The Morgan fingerprint density at radius 3 is 2.68 bits per heavy atom. The first-order chi connectivity index (χ1) is 12.0. The summed E-state index contributed by atoms with van der Waals surface area (Å²) in [6.07, 6.45) is 3.28. The first kappa shape index (κ1) is 17.4. The molecule has 7 heteroatoms. The van der Waals surface area contributed by atoms with Crippen LogP contribution in [0.3, 0.4) is 0 Å². The molecule has 1 aromatic carbocycles. The van der Waals surface area contributed by atoms with Crippen LogP contribution in [0, 0.1) is 17.1 Å². The summed E-state index contributed by atoms with van der Waals surface area (Å²) in [5.74, 6) is -0.292. The second kappa shape index (κ2) is 7.21. The summed E-state index contributed by atoms with van der Waals surface area (Å²) in [4.78, 5) is 8.66. The summed E-state index contributed by atoms with van der Waals surface area (Å²) in [7, 11) is 3.26. The number of nitrogens with two attached hydrogens (primary N) is 1. The van der Waals surface area contributed by atoms with Crippen molar-refractivity contribution >= 4 is 11.8 Å². The lowest BCUT2D eigenvalue weighted by molar-refractivity contribution is 0.0701. The molecule has 2 N–H and O–H groups in total. The van der Waals surface area contributed by atoms with Crippen LogP contribution in [0.25, 0.3) is 5.57 Å². The van der Waals surface area contributed by atoms with E-state index in [0.717, 1.165) is 25.9 Å². The van der Waals surface area contributed by atoms with Crippen molar-refractivity contribution < 1.29 is 9.13 Å². The second-order valence-electron chi connectivity index (χ2n) is 6.33. The number of benzene rings is 1. The van der Waals surface area contributed by atoms with E-state index in [1.165, 1.54) is 13.2 Å². The smallest absolute Gasteiger partial charge is 0.178 e. The molecule has 0 aromatic heterocycles. The van der Waals surface area contributed by atoms with E-state index in [-0.39, 0.29) is 18.1 Å². The Hall–Kier alpha value is -2.43. The summed E-state index contributed by atoms with van der Waals surface area (Å²) >= 11 is 0. The average Bonchev–Trinajstić information content (AvgIpc) is 2.62. The van der Waals surface area contributed by atoms with Gasteiger partial charge in [-0.2, -0.15) is 5.26 Å². The van der Waals surface area contributed by atoms with Gasteiger partial charge in [0.15, 0.2) is 17.9 Å². The van der Waals surface area contributed by atoms with Gasteiger partial charge in [0.1, 0.15) is 11.8 Å². The third-order valence-corrected chi connectivity index (χ3v) is 4.76. The summed E-state index contributed by atoms with van der Waals surface area (Å²) in [6, 6.07) is 7.12. The Morgan fingerprint density at radius 1 is 1.36 bits per heavy atom. The van der Waals surface area contributed by atoms with E-state index in [9.17, 15) is 9.65 Å². The molecule has 0 radical (unpaired) electrons. The maximum absolute atomic E-state index is 14.0. The Morgan fingerprint density at radius 2 is 2.08 bits per heavy atom. The molecule has 2 heterocycles. The summed E-state index contributed by atoms with van der Waals surface area (Å²) in [5, 5.41) is 9.65. The third kappa shape index (κ3) is 3.36. The molecule has 1 unspecified atom stereocenters. The van der Waals surface area contributed by atoms with Crippen LogP contribution in [0.2, 0.25) is 0 Å². The monoisotopic (exact) mass is 343 g/mol. The molecule has 0 bridgehead atoms. The summed E-state index contributed by atoms with van der Waals surface area (Å²) < 4.78 is 19.0. The first-order valence-electron chi connectivity index (χ1n) is 8.29. The molecule has 2 aliphatic rings. The molecule has 3 rings (SSSR count). The molecule has 6 nitrogen and oxygen atoms in total. The van der Waals surface area contributed by atoms with Crippen molar-refractivity contribution in [2.24, 2.45) is 10.7 Å². The molecule has 132 valence electrons. The van der Waals surface area contributed by atoms with Crippen molar-refractivity contribution in [3.8, 4) is 11.8 Å². The number of hydrogen-bond donors (Lipinski definition) is 1. The lowest BCUT2D eigenvalue weighted by atomic mass is 10.0. The van der Waals surface area contributed by atoms with Gasteiger partial charge >= 0.3 is 0 Å².